The summed E-state index contributed by atoms with van der Waals surface area (Å²) < 4.78 is 1.51. The number of aromatic nitrogens is 4. The summed E-state index contributed by atoms with van der Waals surface area (Å²) in [6.45, 7) is 0.166. The summed E-state index contributed by atoms with van der Waals surface area (Å²) in [6, 6.07) is 0. The van der Waals surface area contributed by atoms with E-state index in [4.69, 9.17) is 11.6 Å². The summed E-state index contributed by atoms with van der Waals surface area (Å²) >= 11 is 5.68. The third kappa shape index (κ3) is 3.17. The van der Waals surface area contributed by atoms with E-state index in [1.807, 2.05) is 0 Å². The lowest BCUT2D eigenvalue weighted by molar-refractivity contribution is -0.121. The Morgan fingerprint density at radius 3 is 2.78 bits per heavy atom. The van der Waals surface area contributed by atoms with Crippen molar-refractivity contribution in [2.45, 2.75) is 6.54 Å². The quantitative estimate of drug-likeness (QED) is 0.856. The molecule has 2 aromatic rings. The molecule has 94 valence electrons. The maximum absolute atomic E-state index is 11.2. The van der Waals surface area contributed by atoms with Crippen molar-refractivity contribution in [1.82, 2.24) is 25.1 Å². The minimum atomic E-state index is -0.118. The highest BCUT2D eigenvalue weighted by Gasteiger charge is 2.04. The van der Waals surface area contributed by atoms with Gasteiger partial charge < -0.3 is 10.6 Å². The first kappa shape index (κ1) is 12.3. The molecule has 7 nitrogen and oxygen atoms in total. The lowest BCUT2D eigenvalue weighted by Crippen LogP contribution is -2.23. The number of hydrogen-bond donors (Lipinski definition) is 2. The normalized spacial score (nSPS) is 10.1. The Morgan fingerprint density at radius 2 is 2.11 bits per heavy atom. The monoisotopic (exact) mass is 266 g/mol. The molecule has 8 heteroatoms. The largest absolute Gasteiger partial charge is 0.358 e. The van der Waals surface area contributed by atoms with Crippen LogP contribution < -0.4 is 10.6 Å². The molecule has 0 saturated heterocycles. The SMILES string of the molecule is CNC(=O)Cn1cc(Nc2ncc(Cl)cn2)cn1. The Hall–Kier alpha value is -2.15. The highest BCUT2D eigenvalue weighted by molar-refractivity contribution is 6.30. The molecule has 0 bridgehead atoms. The molecular formula is C10H11ClN6O. The van der Waals surface area contributed by atoms with Gasteiger partial charge in [0.1, 0.15) is 6.54 Å². The Kier molecular flexibility index (Phi) is 3.73. The van der Waals surface area contributed by atoms with Crippen LogP contribution in [0.25, 0.3) is 0 Å². The van der Waals surface area contributed by atoms with Gasteiger partial charge in [0.15, 0.2) is 0 Å². The van der Waals surface area contributed by atoms with Crippen molar-refractivity contribution in [3.8, 4) is 0 Å². The van der Waals surface area contributed by atoms with Crippen molar-refractivity contribution >= 4 is 29.1 Å². The standard InChI is InChI=1S/C10H11ClN6O/c1-12-9(18)6-17-5-8(4-15-17)16-10-13-2-7(11)3-14-10/h2-5H,6H2,1H3,(H,12,18)(H,13,14,16). The third-order valence-electron chi connectivity index (χ3n) is 2.09. The van der Waals surface area contributed by atoms with E-state index in [1.54, 1.807) is 19.4 Å². The maximum atomic E-state index is 11.2. The molecule has 0 aromatic carbocycles. The summed E-state index contributed by atoms with van der Waals surface area (Å²) in [6.07, 6.45) is 6.26. The number of hydrogen-bond acceptors (Lipinski definition) is 5. The van der Waals surface area contributed by atoms with Crippen LogP contribution in [-0.4, -0.2) is 32.7 Å². The Balaban J connectivity index is 2.02. The topological polar surface area (TPSA) is 84.7 Å². The Labute approximate surface area is 108 Å². The van der Waals surface area contributed by atoms with Gasteiger partial charge in [-0.15, -0.1) is 0 Å². The van der Waals surface area contributed by atoms with Crippen LogP contribution in [0, 0.1) is 0 Å². The van der Waals surface area contributed by atoms with Gasteiger partial charge in [0, 0.05) is 13.2 Å². The van der Waals surface area contributed by atoms with E-state index >= 15 is 0 Å². The van der Waals surface area contributed by atoms with Crippen LogP contribution in [0.2, 0.25) is 5.02 Å². The van der Waals surface area contributed by atoms with Crippen LogP contribution in [-0.2, 0) is 11.3 Å². The van der Waals surface area contributed by atoms with Crippen molar-refractivity contribution in [2.24, 2.45) is 0 Å². The van der Waals surface area contributed by atoms with Crippen molar-refractivity contribution < 1.29 is 4.79 Å². The molecule has 0 fully saturated rings. The number of amides is 1. The highest BCUT2D eigenvalue weighted by atomic mass is 35.5. The lowest BCUT2D eigenvalue weighted by Gasteiger charge is -2.01. The second-order valence-corrected chi connectivity index (χ2v) is 3.89. The van der Waals surface area contributed by atoms with E-state index in [0.29, 0.717) is 16.7 Å². The highest BCUT2D eigenvalue weighted by Crippen LogP contribution is 2.12. The summed E-state index contributed by atoms with van der Waals surface area (Å²) in [5, 5.41) is 9.96. The molecule has 2 N–H and O–H groups in total. The molecule has 0 saturated carbocycles. The smallest absolute Gasteiger partial charge is 0.241 e. The van der Waals surface area contributed by atoms with Gasteiger partial charge >= 0.3 is 0 Å². The Bertz CT molecular complexity index is 538. The number of anilines is 2. The van der Waals surface area contributed by atoms with Gasteiger partial charge in [0.25, 0.3) is 0 Å². The number of carbonyl (C=O) groups is 1. The Morgan fingerprint density at radius 1 is 1.39 bits per heavy atom. The van der Waals surface area contributed by atoms with E-state index in [-0.39, 0.29) is 12.5 Å². The lowest BCUT2D eigenvalue weighted by atomic mass is 10.5. The van der Waals surface area contributed by atoms with Crippen molar-refractivity contribution in [2.75, 3.05) is 12.4 Å². The molecule has 0 aliphatic rings. The first-order valence-electron chi connectivity index (χ1n) is 5.15. The number of likely N-dealkylation sites (N-methyl/N-ethyl adjacent to an activating group) is 1. The minimum Gasteiger partial charge on any atom is -0.358 e. The van der Waals surface area contributed by atoms with Crippen LogP contribution in [0.4, 0.5) is 11.6 Å². The summed E-state index contributed by atoms with van der Waals surface area (Å²) in [4.78, 5) is 19.1. The molecule has 0 aliphatic heterocycles. The molecule has 2 heterocycles. The van der Waals surface area contributed by atoms with Crippen molar-refractivity contribution in [3.63, 3.8) is 0 Å². The number of halogens is 1. The predicted octanol–water partition coefficient (Wildman–Crippen LogP) is 0.816. The zero-order valence-electron chi connectivity index (χ0n) is 9.59. The maximum Gasteiger partial charge on any atom is 0.241 e. The third-order valence-corrected chi connectivity index (χ3v) is 2.29. The number of carbonyl (C=O) groups excluding carboxylic acids is 1. The van der Waals surface area contributed by atoms with Crippen molar-refractivity contribution in [1.29, 1.82) is 0 Å². The fourth-order valence-electron chi connectivity index (χ4n) is 1.25. The molecule has 1 amide bonds. The molecule has 0 unspecified atom stereocenters. The average molecular weight is 267 g/mol. The van der Waals surface area contributed by atoms with Crippen molar-refractivity contribution in [3.05, 3.63) is 29.8 Å². The van der Waals surface area contributed by atoms with E-state index in [2.05, 4.69) is 25.7 Å². The second-order valence-electron chi connectivity index (χ2n) is 3.45. The molecule has 18 heavy (non-hydrogen) atoms. The first-order valence-corrected chi connectivity index (χ1v) is 5.53. The summed E-state index contributed by atoms with van der Waals surface area (Å²) in [5.74, 6) is 0.297. The molecule has 2 rings (SSSR count). The first-order chi connectivity index (χ1) is 8.67. The van der Waals surface area contributed by atoms with Gasteiger partial charge in [-0.25, -0.2) is 9.97 Å². The fraction of sp³-hybridized carbons (Fsp3) is 0.200. The fourth-order valence-corrected chi connectivity index (χ4v) is 1.34. The number of nitrogens with zero attached hydrogens (tertiary/aromatic N) is 4. The van der Waals surface area contributed by atoms with Gasteiger partial charge in [-0.2, -0.15) is 5.10 Å². The van der Waals surface area contributed by atoms with Gasteiger partial charge in [0.2, 0.25) is 11.9 Å². The van der Waals surface area contributed by atoms with Crippen LogP contribution in [0.5, 0.6) is 0 Å². The van der Waals surface area contributed by atoms with Gasteiger partial charge in [-0.05, 0) is 0 Å². The minimum absolute atomic E-state index is 0.118. The molecule has 0 atom stereocenters. The number of nitrogens with one attached hydrogen (secondary N) is 2. The molecular weight excluding hydrogens is 256 g/mol. The molecule has 0 aliphatic carbocycles. The molecule has 2 aromatic heterocycles. The van der Waals surface area contributed by atoms with Gasteiger partial charge in [-0.3, -0.25) is 9.48 Å². The number of rotatable bonds is 4. The molecule has 0 spiro atoms. The van der Waals surface area contributed by atoms with Crippen LogP contribution in [0.3, 0.4) is 0 Å². The van der Waals surface area contributed by atoms with Crippen LogP contribution >= 0.6 is 11.6 Å². The zero-order chi connectivity index (χ0) is 13.0. The van der Waals surface area contributed by atoms with E-state index < -0.39 is 0 Å². The van der Waals surface area contributed by atoms with Crippen LogP contribution in [0.15, 0.2) is 24.8 Å². The predicted molar refractivity (Wildman–Crippen MR) is 66.6 cm³/mol. The zero-order valence-corrected chi connectivity index (χ0v) is 10.3. The van der Waals surface area contributed by atoms with Gasteiger partial charge in [-0.1, -0.05) is 11.6 Å². The average Bonchev–Trinajstić information content (AvgIpc) is 2.79. The van der Waals surface area contributed by atoms with Gasteiger partial charge in [0.05, 0.1) is 29.3 Å². The van der Waals surface area contributed by atoms with Crippen LogP contribution in [0.1, 0.15) is 0 Å². The molecule has 0 radical (unpaired) electrons. The summed E-state index contributed by atoms with van der Waals surface area (Å²) in [7, 11) is 1.58. The summed E-state index contributed by atoms with van der Waals surface area (Å²) in [5.41, 5.74) is 0.696. The van der Waals surface area contributed by atoms with E-state index in [9.17, 15) is 4.79 Å². The van der Waals surface area contributed by atoms with E-state index in [0.717, 1.165) is 0 Å². The second kappa shape index (κ2) is 5.46. The van der Waals surface area contributed by atoms with E-state index in [1.165, 1.54) is 17.1 Å².